The van der Waals surface area contributed by atoms with Crippen LogP contribution >= 0.6 is 22.9 Å². The van der Waals surface area contributed by atoms with E-state index in [2.05, 4.69) is 6.07 Å². The average Bonchev–Trinajstić information content (AvgIpc) is 2.61. The van der Waals surface area contributed by atoms with Crippen LogP contribution in [0.15, 0.2) is 24.3 Å². The molecule has 1 aromatic heterocycles. The van der Waals surface area contributed by atoms with Gasteiger partial charge in [0.05, 0.1) is 11.1 Å². The van der Waals surface area contributed by atoms with Gasteiger partial charge in [-0.25, -0.2) is 4.39 Å². The molecular weight excluding hydrogens is 257 g/mol. The van der Waals surface area contributed by atoms with E-state index in [1.807, 2.05) is 13.8 Å². The van der Waals surface area contributed by atoms with Crippen LogP contribution in [0.25, 0.3) is 0 Å². The van der Waals surface area contributed by atoms with Crippen molar-refractivity contribution in [2.24, 2.45) is 5.73 Å². The molecule has 2 rings (SSSR count). The largest absolute Gasteiger partial charge is 0.320 e. The molecule has 2 aromatic rings. The summed E-state index contributed by atoms with van der Waals surface area (Å²) in [6, 6.07) is 6.45. The Hall–Kier alpha value is -0.900. The molecule has 90 valence electrons. The molecule has 1 aromatic carbocycles. The molecule has 4 heteroatoms. The summed E-state index contributed by atoms with van der Waals surface area (Å²) < 4.78 is 13.4. The summed E-state index contributed by atoms with van der Waals surface area (Å²) in [6.45, 7) is 4.03. The first-order chi connectivity index (χ1) is 8.00. The Kier molecular flexibility index (Phi) is 3.52. The molecule has 1 atom stereocenters. The molecule has 0 spiro atoms. The zero-order chi connectivity index (χ0) is 12.6. The summed E-state index contributed by atoms with van der Waals surface area (Å²) in [4.78, 5) is 2.23. The van der Waals surface area contributed by atoms with Crippen molar-refractivity contribution in [2.45, 2.75) is 19.9 Å². The zero-order valence-corrected chi connectivity index (χ0v) is 11.2. The Morgan fingerprint density at radius 1 is 1.35 bits per heavy atom. The number of thiophene rings is 1. The lowest BCUT2D eigenvalue weighted by molar-refractivity contribution is 0.624. The van der Waals surface area contributed by atoms with Gasteiger partial charge in [-0.2, -0.15) is 0 Å². The highest BCUT2D eigenvalue weighted by Gasteiger charge is 2.18. The van der Waals surface area contributed by atoms with Crippen molar-refractivity contribution in [3.8, 4) is 0 Å². The fourth-order valence-electron chi connectivity index (χ4n) is 1.87. The van der Waals surface area contributed by atoms with E-state index in [0.29, 0.717) is 5.56 Å². The molecule has 0 aliphatic carbocycles. The molecule has 0 radical (unpaired) electrons. The van der Waals surface area contributed by atoms with Gasteiger partial charge in [0, 0.05) is 9.75 Å². The standard InChI is InChI=1S/C13H13ClFNS/c1-7-6-8(2)17-13(7)12(16)9-4-3-5-10(15)11(9)14/h3-6,12H,16H2,1-2H3. The first kappa shape index (κ1) is 12.6. The predicted octanol–water partition coefficient (Wildman–Crippen LogP) is 4.21. The topological polar surface area (TPSA) is 26.0 Å². The van der Waals surface area contributed by atoms with E-state index in [-0.39, 0.29) is 11.1 Å². The summed E-state index contributed by atoms with van der Waals surface area (Å²) in [5.41, 5.74) is 7.92. The summed E-state index contributed by atoms with van der Waals surface area (Å²) >= 11 is 7.57. The minimum atomic E-state index is -0.425. The molecule has 0 aliphatic rings. The average molecular weight is 270 g/mol. The maximum absolute atomic E-state index is 13.4. The van der Waals surface area contributed by atoms with Gasteiger partial charge in [-0.15, -0.1) is 11.3 Å². The second-order valence-electron chi connectivity index (χ2n) is 4.03. The minimum Gasteiger partial charge on any atom is -0.320 e. The number of hydrogen-bond donors (Lipinski definition) is 1. The van der Waals surface area contributed by atoms with Crippen LogP contribution in [0.4, 0.5) is 4.39 Å². The third-order valence-corrected chi connectivity index (χ3v) is 4.31. The molecule has 0 fully saturated rings. The summed E-state index contributed by atoms with van der Waals surface area (Å²) in [7, 11) is 0. The molecule has 0 aliphatic heterocycles. The van der Waals surface area contributed by atoms with Crippen LogP contribution in [0.1, 0.15) is 26.9 Å². The Labute approximate surface area is 109 Å². The van der Waals surface area contributed by atoms with Crippen molar-refractivity contribution in [2.75, 3.05) is 0 Å². The van der Waals surface area contributed by atoms with Crippen molar-refractivity contribution >= 4 is 22.9 Å². The zero-order valence-electron chi connectivity index (χ0n) is 9.63. The lowest BCUT2D eigenvalue weighted by atomic mass is 10.0. The summed E-state index contributed by atoms with van der Waals surface area (Å²) in [5, 5.41) is 0.116. The van der Waals surface area contributed by atoms with Crippen LogP contribution in [-0.2, 0) is 0 Å². The molecule has 17 heavy (non-hydrogen) atoms. The van der Waals surface area contributed by atoms with Crippen molar-refractivity contribution in [3.63, 3.8) is 0 Å². The van der Waals surface area contributed by atoms with Crippen LogP contribution in [0, 0.1) is 19.7 Å². The van der Waals surface area contributed by atoms with Crippen LogP contribution in [0.3, 0.4) is 0 Å². The third-order valence-electron chi connectivity index (χ3n) is 2.68. The molecular formula is C13H13ClFNS. The first-order valence-electron chi connectivity index (χ1n) is 5.27. The van der Waals surface area contributed by atoms with Crippen LogP contribution in [-0.4, -0.2) is 0 Å². The molecule has 0 saturated heterocycles. The molecule has 0 saturated carbocycles. The van der Waals surface area contributed by atoms with Crippen LogP contribution < -0.4 is 5.73 Å². The Morgan fingerprint density at radius 3 is 2.65 bits per heavy atom. The molecule has 2 N–H and O–H groups in total. The smallest absolute Gasteiger partial charge is 0.142 e. The Bertz CT molecular complexity index is 550. The number of nitrogens with two attached hydrogens (primary N) is 1. The molecule has 1 nitrogen and oxygen atoms in total. The van der Waals surface area contributed by atoms with Gasteiger partial charge in [0.2, 0.25) is 0 Å². The predicted molar refractivity (Wildman–Crippen MR) is 71.2 cm³/mol. The molecule has 1 unspecified atom stereocenters. The maximum Gasteiger partial charge on any atom is 0.142 e. The van der Waals surface area contributed by atoms with Crippen LogP contribution in [0.2, 0.25) is 5.02 Å². The first-order valence-corrected chi connectivity index (χ1v) is 6.46. The number of aryl methyl sites for hydroxylation is 2. The van der Waals surface area contributed by atoms with Crippen molar-refractivity contribution in [1.82, 2.24) is 0 Å². The number of rotatable bonds is 2. The van der Waals surface area contributed by atoms with Gasteiger partial charge in [-0.3, -0.25) is 0 Å². The minimum absolute atomic E-state index is 0.116. The fourth-order valence-corrected chi connectivity index (χ4v) is 3.17. The second-order valence-corrected chi connectivity index (χ2v) is 5.69. The van der Waals surface area contributed by atoms with Gasteiger partial charge < -0.3 is 5.73 Å². The number of benzene rings is 1. The highest BCUT2D eigenvalue weighted by molar-refractivity contribution is 7.12. The SMILES string of the molecule is Cc1cc(C)c(C(N)c2cccc(F)c2Cl)s1. The van der Waals surface area contributed by atoms with E-state index in [1.165, 1.54) is 10.9 Å². The highest BCUT2D eigenvalue weighted by Crippen LogP contribution is 2.34. The number of hydrogen-bond acceptors (Lipinski definition) is 2. The van der Waals surface area contributed by atoms with E-state index >= 15 is 0 Å². The van der Waals surface area contributed by atoms with Crippen molar-refractivity contribution in [3.05, 3.63) is 56.0 Å². The maximum atomic E-state index is 13.4. The van der Waals surface area contributed by atoms with Crippen LogP contribution in [0.5, 0.6) is 0 Å². The van der Waals surface area contributed by atoms with Gasteiger partial charge in [0.1, 0.15) is 5.82 Å². The van der Waals surface area contributed by atoms with Gasteiger partial charge in [0.15, 0.2) is 0 Å². The Balaban J connectivity index is 2.47. The van der Waals surface area contributed by atoms with Gasteiger partial charge >= 0.3 is 0 Å². The monoisotopic (exact) mass is 269 g/mol. The quantitative estimate of drug-likeness (QED) is 0.869. The van der Waals surface area contributed by atoms with Crippen molar-refractivity contribution in [1.29, 1.82) is 0 Å². The number of halogens is 2. The fraction of sp³-hybridized carbons (Fsp3) is 0.231. The summed E-state index contributed by atoms with van der Waals surface area (Å²) in [6.07, 6.45) is 0. The van der Waals surface area contributed by atoms with Crippen molar-refractivity contribution < 1.29 is 4.39 Å². The van der Waals surface area contributed by atoms with E-state index in [0.717, 1.165) is 10.4 Å². The second kappa shape index (κ2) is 4.77. The summed E-state index contributed by atoms with van der Waals surface area (Å²) in [5.74, 6) is -0.425. The highest BCUT2D eigenvalue weighted by atomic mass is 35.5. The van der Waals surface area contributed by atoms with E-state index in [4.69, 9.17) is 17.3 Å². The Morgan fingerprint density at radius 2 is 2.06 bits per heavy atom. The van der Waals surface area contributed by atoms with E-state index in [1.54, 1.807) is 23.5 Å². The molecule has 1 heterocycles. The molecule has 0 bridgehead atoms. The van der Waals surface area contributed by atoms with E-state index < -0.39 is 5.82 Å². The third kappa shape index (κ3) is 2.37. The lowest BCUT2D eigenvalue weighted by Crippen LogP contribution is -2.12. The van der Waals surface area contributed by atoms with Gasteiger partial charge in [0.25, 0.3) is 0 Å². The van der Waals surface area contributed by atoms with E-state index in [9.17, 15) is 4.39 Å². The lowest BCUT2D eigenvalue weighted by Gasteiger charge is -2.13. The normalized spacial score (nSPS) is 12.8. The molecule has 0 amide bonds. The van der Waals surface area contributed by atoms with Gasteiger partial charge in [-0.05, 0) is 37.1 Å². The van der Waals surface area contributed by atoms with Gasteiger partial charge in [-0.1, -0.05) is 23.7 Å².